The molecule has 0 fully saturated rings. The zero-order chi connectivity index (χ0) is 8.23. The molecule has 0 radical (unpaired) electrons. The Balaban J connectivity index is 2.15. The number of hydrogen-bond donors (Lipinski definition) is 0. The zero-order valence-electron chi connectivity index (χ0n) is 6.67. The van der Waals surface area contributed by atoms with Crippen molar-refractivity contribution >= 4 is 0 Å². The van der Waals surface area contributed by atoms with Crippen LogP contribution in [0.4, 0.5) is 0 Å². The van der Waals surface area contributed by atoms with Crippen LogP contribution in [0.25, 0.3) is 0 Å². The van der Waals surface area contributed by atoms with Crippen LogP contribution in [0.15, 0.2) is 49.1 Å². The van der Waals surface area contributed by atoms with Gasteiger partial charge in [-0.2, -0.15) is 9.67 Å². The molecule has 0 aromatic carbocycles. The van der Waals surface area contributed by atoms with E-state index in [0.717, 1.165) is 6.67 Å². The summed E-state index contributed by atoms with van der Waals surface area (Å²) in [7, 11) is 0. The summed E-state index contributed by atoms with van der Waals surface area (Å²) in [5.74, 6) is 0. The smallest absolute Gasteiger partial charge is 0.213 e. The molecular formula is C9H10N3+. The highest BCUT2D eigenvalue weighted by molar-refractivity contribution is 4.83. The van der Waals surface area contributed by atoms with Crippen molar-refractivity contribution in [3.63, 3.8) is 0 Å². The largest absolute Gasteiger partial charge is 0.242 e. The van der Waals surface area contributed by atoms with Gasteiger partial charge in [-0.1, -0.05) is 6.07 Å². The van der Waals surface area contributed by atoms with Gasteiger partial charge in [-0.25, -0.2) is 4.68 Å². The van der Waals surface area contributed by atoms with Crippen molar-refractivity contribution < 1.29 is 4.57 Å². The van der Waals surface area contributed by atoms with Gasteiger partial charge in [-0.15, -0.1) is 0 Å². The molecule has 2 rings (SSSR count). The van der Waals surface area contributed by atoms with Crippen LogP contribution in [0.2, 0.25) is 0 Å². The van der Waals surface area contributed by atoms with Gasteiger partial charge in [-0.05, 0) is 6.07 Å². The fraction of sp³-hybridized carbons (Fsp3) is 0.111. The van der Waals surface area contributed by atoms with Gasteiger partial charge in [0.15, 0.2) is 12.4 Å². The first kappa shape index (κ1) is 7.03. The van der Waals surface area contributed by atoms with Crippen molar-refractivity contribution in [2.45, 2.75) is 6.67 Å². The summed E-state index contributed by atoms with van der Waals surface area (Å²) < 4.78 is 3.94. The summed E-state index contributed by atoms with van der Waals surface area (Å²) in [6.07, 6.45) is 7.76. The van der Waals surface area contributed by atoms with E-state index in [9.17, 15) is 0 Å². The average Bonchev–Trinajstić information content (AvgIpc) is 2.59. The third-order valence-corrected chi connectivity index (χ3v) is 1.64. The molecular weight excluding hydrogens is 150 g/mol. The molecule has 0 bridgehead atoms. The Bertz CT molecular complexity index is 326. The van der Waals surface area contributed by atoms with Gasteiger partial charge in [0.25, 0.3) is 0 Å². The van der Waals surface area contributed by atoms with Crippen molar-refractivity contribution in [1.82, 2.24) is 9.78 Å². The molecule has 0 N–H and O–H groups in total. The zero-order valence-corrected chi connectivity index (χ0v) is 6.67. The van der Waals surface area contributed by atoms with E-state index >= 15 is 0 Å². The molecule has 0 aliphatic heterocycles. The first-order valence-electron chi connectivity index (χ1n) is 3.87. The summed E-state index contributed by atoms with van der Waals surface area (Å²) in [6.45, 7) is 0.772. The fourth-order valence-corrected chi connectivity index (χ4v) is 1.08. The fourth-order valence-electron chi connectivity index (χ4n) is 1.08. The number of rotatable bonds is 2. The van der Waals surface area contributed by atoms with Gasteiger partial charge in [0.05, 0.1) is 0 Å². The number of nitrogens with zero attached hydrogens (tertiary/aromatic N) is 3. The first-order valence-corrected chi connectivity index (χ1v) is 3.87. The van der Waals surface area contributed by atoms with Crippen LogP contribution in [-0.2, 0) is 6.67 Å². The topological polar surface area (TPSA) is 21.7 Å². The van der Waals surface area contributed by atoms with Crippen molar-refractivity contribution in [3.05, 3.63) is 49.1 Å². The highest BCUT2D eigenvalue weighted by Crippen LogP contribution is 1.82. The van der Waals surface area contributed by atoms with Gasteiger partial charge >= 0.3 is 0 Å². The van der Waals surface area contributed by atoms with Gasteiger partial charge in [0, 0.05) is 24.5 Å². The first-order chi connectivity index (χ1) is 5.95. The summed E-state index contributed by atoms with van der Waals surface area (Å²) in [4.78, 5) is 0. The maximum absolute atomic E-state index is 4.11. The van der Waals surface area contributed by atoms with Crippen LogP contribution >= 0.6 is 0 Å². The second-order valence-electron chi connectivity index (χ2n) is 2.58. The summed E-state index contributed by atoms with van der Waals surface area (Å²) in [5.41, 5.74) is 0. The van der Waals surface area contributed by atoms with Crippen molar-refractivity contribution in [2.75, 3.05) is 0 Å². The quantitative estimate of drug-likeness (QED) is 0.592. The number of hydrogen-bond acceptors (Lipinski definition) is 1. The van der Waals surface area contributed by atoms with Crippen LogP contribution < -0.4 is 4.57 Å². The lowest BCUT2D eigenvalue weighted by atomic mass is 10.5. The highest BCUT2D eigenvalue weighted by Gasteiger charge is 1.97. The molecule has 0 saturated heterocycles. The van der Waals surface area contributed by atoms with Crippen molar-refractivity contribution in [3.8, 4) is 0 Å². The molecule has 0 aliphatic carbocycles. The standard InChI is InChI=1S/C9H10N3/c1-2-6-11(7-3-1)9-12-8-4-5-10-12/h1-8H,9H2/q+1. The van der Waals surface area contributed by atoms with E-state index in [2.05, 4.69) is 9.67 Å². The molecule has 0 aliphatic rings. The predicted octanol–water partition coefficient (Wildman–Crippen LogP) is 0.676. The molecule has 2 aromatic heterocycles. The van der Waals surface area contributed by atoms with Crippen LogP contribution in [0.3, 0.4) is 0 Å². The van der Waals surface area contributed by atoms with E-state index in [4.69, 9.17) is 0 Å². The lowest BCUT2D eigenvalue weighted by Gasteiger charge is -1.94. The van der Waals surface area contributed by atoms with E-state index in [1.165, 1.54) is 0 Å². The molecule has 0 saturated carbocycles. The van der Waals surface area contributed by atoms with E-state index < -0.39 is 0 Å². The Labute approximate surface area is 70.9 Å². The van der Waals surface area contributed by atoms with E-state index in [1.807, 2.05) is 47.5 Å². The maximum atomic E-state index is 4.11. The Morgan fingerprint density at radius 3 is 2.58 bits per heavy atom. The monoisotopic (exact) mass is 160 g/mol. The molecule has 0 unspecified atom stereocenters. The number of pyridine rings is 1. The Morgan fingerprint density at radius 2 is 1.92 bits per heavy atom. The van der Waals surface area contributed by atoms with E-state index in [-0.39, 0.29) is 0 Å². The van der Waals surface area contributed by atoms with E-state index in [0.29, 0.717) is 0 Å². The van der Waals surface area contributed by atoms with Gasteiger partial charge in [0.2, 0.25) is 6.67 Å². The predicted molar refractivity (Wildman–Crippen MR) is 44.3 cm³/mol. The van der Waals surface area contributed by atoms with Crippen molar-refractivity contribution in [2.24, 2.45) is 0 Å². The molecule has 3 nitrogen and oxygen atoms in total. The Morgan fingerprint density at radius 1 is 1.08 bits per heavy atom. The highest BCUT2D eigenvalue weighted by atomic mass is 15.3. The van der Waals surface area contributed by atoms with Crippen LogP contribution in [-0.4, -0.2) is 9.78 Å². The third-order valence-electron chi connectivity index (χ3n) is 1.64. The molecule has 2 heterocycles. The third kappa shape index (κ3) is 1.50. The van der Waals surface area contributed by atoms with Crippen LogP contribution in [0.1, 0.15) is 0 Å². The summed E-state index contributed by atoms with van der Waals surface area (Å²) >= 11 is 0. The average molecular weight is 160 g/mol. The number of aromatic nitrogens is 3. The maximum Gasteiger partial charge on any atom is 0.242 e. The molecule has 0 spiro atoms. The molecule has 60 valence electrons. The SMILES string of the molecule is c1cc[n+](Cn2cccn2)cc1. The summed E-state index contributed by atoms with van der Waals surface area (Å²) in [5, 5.41) is 4.11. The van der Waals surface area contributed by atoms with Crippen LogP contribution in [0, 0.1) is 0 Å². The van der Waals surface area contributed by atoms with Gasteiger partial charge < -0.3 is 0 Å². The Kier molecular flexibility index (Phi) is 1.86. The lowest BCUT2D eigenvalue weighted by Crippen LogP contribution is -2.36. The van der Waals surface area contributed by atoms with Crippen LogP contribution in [0.5, 0.6) is 0 Å². The molecule has 0 amide bonds. The van der Waals surface area contributed by atoms with Gasteiger partial charge in [-0.3, -0.25) is 0 Å². The lowest BCUT2D eigenvalue weighted by molar-refractivity contribution is -0.702. The molecule has 0 atom stereocenters. The summed E-state index contributed by atoms with van der Waals surface area (Å²) in [6, 6.07) is 7.93. The minimum atomic E-state index is 0.772. The minimum absolute atomic E-state index is 0.772. The molecule has 12 heavy (non-hydrogen) atoms. The Hall–Kier alpha value is -1.64. The van der Waals surface area contributed by atoms with Gasteiger partial charge in [0.1, 0.15) is 0 Å². The minimum Gasteiger partial charge on any atom is -0.213 e. The normalized spacial score (nSPS) is 10.0. The van der Waals surface area contributed by atoms with Crippen molar-refractivity contribution in [1.29, 1.82) is 0 Å². The van der Waals surface area contributed by atoms with E-state index in [1.54, 1.807) is 6.20 Å². The molecule has 2 aromatic rings. The second-order valence-corrected chi connectivity index (χ2v) is 2.58. The second kappa shape index (κ2) is 3.17. The molecule has 3 heteroatoms.